The van der Waals surface area contributed by atoms with Crippen LogP contribution in [0.15, 0.2) is 0 Å². The van der Waals surface area contributed by atoms with E-state index in [0.29, 0.717) is 11.8 Å². The number of rotatable bonds is 6. The summed E-state index contributed by atoms with van der Waals surface area (Å²) in [6.07, 6.45) is 7.11. The molecular formula is C14H28N2O. The molecule has 1 fully saturated rings. The maximum absolute atomic E-state index is 11.8. The van der Waals surface area contributed by atoms with Crippen LogP contribution in [0.1, 0.15) is 59.3 Å². The highest BCUT2D eigenvalue weighted by Crippen LogP contribution is 2.34. The highest BCUT2D eigenvalue weighted by molar-refractivity contribution is 5.76. The molecule has 0 aromatic heterocycles. The summed E-state index contributed by atoms with van der Waals surface area (Å²) < 4.78 is 0. The van der Waals surface area contributed by atoms with E-state index in [1.165, 1.54) is 32.1 Å². The van der Waals surface area contributed by atoms with Crippen molar-refractivity contribution in [1.82, 2.24) is 10.6 Å². The first-order valence-corrected chi connectivity index (χ1v) is 7.06. The summed E-state index contributed by atoms with van der Waals surface area (Å²) in [5.74, 6) is 0.185. The molecule has 1 atom stereocenters. The molecule has 0 aliphatic heterocycles. The van der Waals surface area contributed by atoms with Gasteiger partial charge in [-0.1, -0.05) is 33.1 Å². The smallest absolute Gasteiger partial charge is 0.221 e. The van der Waals surface area contributed by atoms with Gasteiger partial charge in [0.15, 0.2) is 0 Å². The van der Waals surface area contributed by atoms with Crippen molar-refractivity contribution in [3.63, 3.8) is 0 Å². The summed E-state index contributed by atoms with van der Waals surface area (Å²) in [6, 6.07) is 0.277. The minimum Gasteiger partial charge on any atom is -0.356 e. The van der Waals surface area contributed by atoms with Crippen LogP contribution in [0.2, 0.25) is 0 Å². The molecule has 0 radical (unpaired) electrons. The van der Waals surface area contributed by atoms with E-state index in [2.05, 4.69) is 31.4 Å². The van der Waals surface area contributed by atoms with Gasteiger partial charge in [0.2, 0.25) is 5.91 Å². The van der Waals surface area contributed by atoms with E-state index in [0.717, 1.165) is 13.1 Å². The topological polar surface area (TPSA) is 41.1 Å². The number of carbonyl (C=O) groups excluding carboxylic acids is 1. The number of carbonyl (C=O) groups is 1. The van der Waals surface area contributed by atoms with Crippen LogP contribution in [0, 0.1) is 5.41 Å². The lowest BCUT2D eigenvalue weighted by Gasteiger charge is -2.33. The molecule has 0 heterocycles. The highest BCUT2D eigenvalue weighted by Gasteiger charge is 2.27. The van der Waals surface area contributed by atoms with E-state index in [-0.39, 0.29) is 11.9 Å². The molecule has 3 nitrogen and oxygen atoms in total. The Morgan fingerprint density at radius 3 is 2.53 bits per heavy atom. The van der Waals surface area contributed by atoms with Crippen LogP contribution >= 0.6 is 0 Å². The van der Waals surface area contributed by atoms with Crippen LogP contribution in [0.4, 0.5) is 0 Å². The Labute approximate surface area is 106 Å². The molecule has 1 amide bonds. The van der Waals surface area contributed by atoms with Crippen LogP contribution in [0.3, 0.4) is 0 Å². The van der Waals surface area contributed by atoms with E-state index in [1.54, 1.807) is 0 Å². The summed E-state index contributed by atoms with van der Waals surface area (Å²) in [4.78, 5) is 11.8. The zero-order chi connectivity index (χ0) is 12.7. The third-order valence-corrected chi connectivity index (χ3v) is 3.82. The molecule has 17 heavy (non-hydrogen) atoms. The molecule has 0 aromatic rings. The standard InChI is InChI=1S/C14H28N2O/c1-4-15-12(2)10-13(17)16-11-14(3)8-6-5-7-9-14/h12,15H,4-11H2,1-3H3,(H,16,17). The molecular weight excluding hydrogens is 212 g/mol. The zero-order valence-electron chi connectivity index (χ0n) is 11.6. The molecule has 2 N–H and O–H groups in total. The number of hydrogen-bond donors (Lipinski definition) is 2. The normalized spacial score (nSPS) is 20.9. The average Bonchev–Trinajstić information content (AvgIpc) is 2.28. The van der Waals surface area contributed by atoms with Gasteiger partial charge < -0.3 is 10.6 Å². The second-order valence-corrected chi connectivity index (χ2v) is 5.81. The van der Waals surface area contributed by atoms with E-state index >= 15 is 0 Å². The number of amides is 1. The molecule has 1 rings (SSSR count). The Morgan fingerprint density at radius 2 is 1.94 bits per heavy atom. The number of nitrogens with one attached hydrogen (secondary N) is 2. The monoisotopic (exact) mass is 240 g/mol. The lowest BCUT2D eigenvalue weighted by molar-refractivity contribution is -0.122. The first kappa shape index (κ1) is 14.5. The van der Waals surface area contributed by atoms with Crippen molar-refractivity contribution in [2.45, 2.75) is 65.3 Å². The Bertz CT molecular complexity index is 234. The molecule has 0 saturated heterocycles. The molecule has 0 bridgehead atoms. The van der Waals surface area contributed by atoms with Crippen molar-refractivity contribution >= 4 is 5.91 Å². The average molecular weight is 240 g/mol. The first-order chi connectivity index (χ1) is 8.06. The maximum atomic E-state index is 11.8. The van der Waals surface area contributed by atoms with Crippen molar-refractivity contribution in [2.24, 2.45) is 5.41 Å². The maximum Gasteiger partial charge on any atom is 0.221 e. The quantitative estimate of drug-likeness (QED) is 0.749. The van der Waals surface area contributed by atoms with Crippen molar-refractivity contribution in [1.29, 1.82) is 0 Å². The SMILES string of the molecule is CCNC(C)CC(=O)NCC1(C)CCCCC1. The Morgan fingerprint density at radius 1 is 1.29 bits per heavy atom. The van der Waals surface area contributed by atoms with Gasteiger partial charge in [0.1, 0.15) is 0 Å². The zero-order valence-corrected chi connectivity index (χ0v) is 11.6. The minimum atomic E-state index is 0.185. The Balaban J connectivity index is 2.22. The van der Waals surface area contributed by atoms with Crippen molar-refractivity contribution in [3.05, 3.63) is 0 Å². The van der Waals surface area contributed by atoms with Crippen molar-refractivity contribution in [2.75, 3.05) is 13.1 Å². The molecule has 0 aromatic carbocycles. The van der Waals surface area contributed by atoms with Gasteiger partial charge in [0.05, 0.1) is 0 Å². The van der Waals surface area contributed by atoms with Crippen LogP contribution in [-0.4, -0.2) is 25.0 Å². The van der Waals surface area contributed by atoms with Crippen LogP contribution < -0.4 is 10.6 Å². The molecule has 100 valence electrons. The number of hydrogen-bond acceptors (Lipinski definition) is 2. The second kappa shape index (κ2) is 7.00. The summed E-state index contributed by atoms with van der Waals surface area (Å²) in [5.41, 5.74) is 0.343. The summed E-state index contributed by atoms with van der Waals surface area (Å²) in [6.45, 7) is 8.21. The predicted octanol–water partition coefficient (Wildman–Crippen LogP) is 2.46. The third kappa shape index (κ3) is 5.53. The van der Waals surface area contributed by atoms with E-state index in [1.807, 2.05) is 0 Å². The van der Waals surface area contributed by atoms with Gasteiger partial charge >= 0.3 is 0 Å². The van der Waals surface area contributed by atoms with E-state index in [4.69, 9.17) is 0 Å². The lowest BCUT2D eigenvalue weighted by atomic mass is 9.76. The highest BCUT2D eigenvalue weighted by atomic mass is 16.1. The van der Waals surface area contributed by atoms with Gasteiger partial charge in [-0.15, -0.1) is 0 Å². The van der Waals surface area contributed by atoms with Crippen LogP contribution in [0.5, 0.6) is 0 Å². The summed E-state index contributed by atoms with van der Waals surface area (Å²) in [7, 11) is 0. The van der Waals surface area contributed by atoms with Gasteiger partial charge in [-0.3, -0.25) is 4.79 Å². The molecule has 1 unspecified atom stereocenters. The Kier molecular flexibility index (Phi) is 5.96. The molecule has 1 saturated carbocycles. The largest absolute Gasteiger partial charge is 0.356 e. The summed E-state index contributed by atoms with van der Waals surface area (Å²) in [5, 5.41) is 6.37. The van der Waals surface area contributed by atoms with Crippen molar-refractivity contribution in [3.8, 4) is 0 Å². The van der Waals surface area contributed by atoms with Gasteiger partial charge in [-0.2, -0.15) is 0 Å². The fraction of sp³-hybridized carbons (Fsp3) is 0.929. The minimum absolute atomic E-state index is 0.185. The van der Waals surface area contributed by atoms with Gasteiger partial charge in [-0.05, 0) is 31.7 Å². The molecule has 3 heteroatoms. The summed E-state index contributed by atoms with van der Waals surface area (Å²) >= 11 is 0. The predicted molar refractivity (Wildman–Crippen MR) is 72.0 cm³/mol. The molecule has 1 aliphatic carbocycles. The molecule has 1 aliphatic rings. The van der Waals surface area contributed by atoms with Gasteiger partial charge in [-0.25, -0.2) is 0 Å². The van der Waals surface area contributed by atoms with E-state index in [9.17, 15) is 4.79 Å². The Hall–Kier alpha value is -0.570. The van der Waals surface area contributed by atoms with E-state index < -0.39 is 0 Å². The van der Waals surface area contributed by atoms with Crippen LogP contribution in [-0.2, 0) is 4.79 Å². The fourth-order valence-corrected chi connectivity index (χ4v) is 2.66. The van der Waals surface area contributed by atoms with Gasteiger partial charge in [0.25, 0.3) is 0 Å². The van der Waals surface area contributed by atoms with Crippen LogP contribution in [0.25, 0.3) is 0 Å². The third-order valence-electron chi connectivity index (χ3n) is 3.82. The lowest BCUT2D eigenvalue weighted by Crippen LogP contribution is -2.39. The van der Waals surface area contributed by atoms with Crippen molar-refractivity contribution < 1.29 is 4.79 Å². The van der Waals surface area contributed by atoms with Gasteiger partial charge in [0, 0.05) is 19.0 Å². The molecule has 0 spiro atoms. The fourth-order valence-electron chi connectivity index (χ4n) is 2.66. The first-order valence-electron chi connectivity index (χ1n) is 7.06. The second-order valence-electron chi connectivity index (χ2n) is 5.81.